The van der Waals surface area contributed by atoms with Crippen LogP contribution in [0.25, 0.3) is 5.57 Å². The second kappa shape index (κ2) is 6.64. The molecule has 2 aromatic rings. The van der Waals surface area contributed by atoms with E-state index in [1.54, 1.807) is 31.2 Å². The summed E-state index contributed by atoms with van der Waals surface area (Å²) in [5, 5.41) is 11.4. The molecule has 0 saturated carbocycles. The molecule has 8 heteroatoms. The third kappa shape index (κ3) is 3.12. The van der Waals surface area contributed by atoms with Crippen molar-refractivity contribution in [1.29, 1.82) is 0 Å². The molecule has 0 saturated heterocycles. The number of hydrogen-bond donors (Lipinski definition) is 1. The van der Waals surface area contributed by atoms with Crippen molar-refractivity contribution in [3.8, 4) is 5.88 Å². The Morgan fingerprint density at radius 2 is 2.08 bits per heavy atom. The van der Waals surface area contributed by atoms with Crippen molar-refractivity contribution in [1.82, 2.24) is 4.57 Å². The van der Waals surface area contributed by atoms with Gasteiger partial charge in [-0.05, 0) is 19.4 Å². The predicted octanol–water partition coefficient (Wildman–Crippen LogP) is 0.316. The number of carbonyl (C=O) groups is 2. The number of hydrogen-bond acceptors (Lipinski definition) is 6. The molecule has 25 heavy (non-hydrogen) atoms. The Balaban J connectivity index is 2.02. The first-order chi connectivity index (χ1) is 11.9. The normalized spacial score (nSPS) is 14.2. The van der Waals surface area contributed by atoms with Crippen molar-refractivity contribution in [2.75, 3.05) is 0 Å². The lowest BCUT2D eigenvalue weighted by molar-refractivity contribution is -0.149. The minimum atomic E-state index is -0.621. The van der Waals surface area contributed by atoms with Crippen LogP contribution in [0.1, 0.15) is 25.1 Å². The summed E-state index contributed by atoms with van der Waals surface area (Å²) in [5.74, 6) is -1.57. The monoisotopic (exact) mass is 360 g/mol. The molecule has 1 aromatic heterocycles. The molecule has 0 unspecified atom stereocenters. The van der Waals surface area contributed by atoms with E-state index in [2.05, 4.69) is 4.99 Å². The fraction of sp³-hybridized carbons (Fsp3) is 0.294. The number of benzene rings is 1. The lowest BCUT2D eigenvalue weighted by Gasteiger charge is -2.11. The van der Waals surface area contributed by atoms with E-state index in [0.29, 0.717) is 28.3 Å². The van der Waals surface area contributed by atoms with Gasteiger partial charge in [-0.2, -0.15) is 0 Å². The molecule has 1 aliphatic heterocycles. The summed E-state index contributed by atoms with van der Waals surface area (Å²) < 4.78 is 6.04. The van der Waals surface area contributed by atoms with E-state index < -0.39 is 29.2 Å². The zero-order valence-corrected chi connectivity index (χ0v) is 14.5. The third-order valence-electron chi connectivity index (χ3n) is 3.90. The van der Waals surface area contributed by atoms with E-state index in [1.165, 1.54) is 0 Å². The minimum absolute atomic E-state index is 0.111. The van der Waals surface area contributed by atoms with Gasteiger partial charge in [0.05, 0.1) is 17.0 Å². The SMILES string of the molecule is CC[C@H](C)OC(=O)Cn1c(O)c(C2=c3ccccc3=NC2=O)sc1=O. The Morgan fingerprint density at radius 1 is 1.36 bits per heavy atom. The third-order valence-corrected chi connectivity index (χ3v) is 4.89. The molecule has 0 bridgehead atoms. The maximum Gasteiger partial charge on any atom is 0.326 e. The highest BCUT2D eigenvalue weighted by atomic mass is 32.1. The summed E-state index contributed by atoms with van der Waals surface area (Å²) in [6.07, 6.45) is 0.367. The zero-order valence-electron chi connectivity index (χ0n) is 13.7. The Labute approximate surface area is 146 Å². The second-order valence-electron chi connectivity index (χ2n) is 5.62. The van der Waals surface area contributed by atoms with Gasteiger partial charge in [-0.3, -0.25) is 19.0 Å². The zero-order chi connectivity index (χ0) is 18.1. The second-order valence-corrected chi connectivity index (χ2v) is 6.59. The molecule has 0 fully saturated rings. The molecule has 1 N–H and O–H groups in total. The van der Waals surface area contributed by atoms with E-state index in [9.17, 15) is 19.5 Å². The summed E-state index contributed by atoms with van der Waals surface area (Å²) in [7, 11) is 0. The van der Waals surface area contributed by atoms with Crippen molar-refractivity contribution < 1.29 is 19.4 Å². The van der Waals surface area contributed by atoms with E-state index >= 15 is 0 Å². The molecule has 130 valence electrons. The highest BCUT2D eigenvalue weighted by Crippen LogP contribution is 2.28. The van der Waals surface area contributed by atoms with E-state index in [1.807, 2.05) is 6.92 Å². The number of nitrogens with zero attached hydrogens (tertiary/aromatic N) is 2. The summed E-state index contributed by atoms with van der Waals surface area (Å²) in [4.78, 5) is 39.8. The van der Waals surface area contributed by atoms with E-state index in [4.69, 9.17) is 4.74 Å². The maximum atomic E-state index is 12.2. The van der Waals surface area contributed by atoms with Crippen LogP contribution in [0.2, 0.25) is 0 Å². The van der Waals surface area contributed by atoms with Gasteiger partial charge in [0.2, 0.25) is 5.88 Å². The number of rotatable bonds is 5. The van der Waals surface area contributed by atoms with Crippen LogP contribution in [0.5, 0.6) is 5.88 Å². The average molecular weight is 360 g/mol. The molecule has 1 atom stereocenters. The van der Waals surface area contributed by atoms with Crippen LogP contribution >= 0.6 is 11.3 Å². The molecular weight excluding hydrogens is 344 g/mol. The van der Waals surface area contributed by atoms with Gasteiger partial charge in [-0.1, -0.05) is 36.5 Å². The highest BCUT2D eigenvalue weighted by molar-refractivity contribution is 7.11. The lowest BCUT2D eigenvalue weighted by atomic mass is 10.1. The van der Waals surface area contributed by atoms with E-state index in [-0.39, 0.29) is 16.6 Å². The van der Waals surface area contributed by atoms with Gasteiger partial charge in [0, 0.05) is 5.22 Å². The fourth-order valence-corrected chi connectivity index (χ4v) is 3.39. The summed E-state index contributed by atoms with van der Waals surface area (Å²) in [6.45, 7) is 3.20. The van der Waals surface area contributed by atoms with Crippen molar-refractivity contribution in [2.45, 2.75) is 32.9 Å². The van der Waals surface area contributed by atoms with Crippen molar-refractivity contribution in [2.24, 2.45) is 4.99 Å². The predicted molar refractivity (Wildman–Crippen MR) is 90.8 cm³/mol. The molecule has 7 nitrogen and oxygen atoms in total. The molecule has 0 radical (unpaired) electrons. The molecular formula is C17H16N2O5S. The molecule has 0 aliphatic carbocycles. The van der Waals surface area contributed by atoms with Crippen LogP contribution in [0.3, 0.4) is 0 Å². The molecule has 1 amide bonds. The fourth-order valence-electron chi connectivity index (χ4n) is 2.46. The minimum Gasteiger partial charge on any atom is -0.493 e. The Kier molecular flexibility index (Phi) is 4.54. The molecule has 3 rings (SSSR count). The van der Waals surface area contributed by atoms with Gasteiger partial charge in [-0.15, -0.1) is 0 Å². The van der Waals surface area contributed by atoms with Crippen LogP contribution in [-0.2, 0) is 20.9 Å². The topological polar surface area (TPSA) is 98.0 Å². The first-order valence-electron chi connectivity index (χ1n) is 7.77. The van der Waals surface area contributed by atoms with Crippen LogP contribution in [0, 0.1) is 0 Å². The van der Waals surface area contributed by atoms with Crippen molar-refractivity contribution >= 4 is 28.8 Å². The number of amides is 1. The number of esters is 1. The largest absolute Gasteiger partial charge is 0.493 e. The van der Waals surface area contributed by atoms with Gasteiger partial charge in [0.1, 0.15) is 11.4 Å². The standard InChI is InChI=1S/C17H16N2O5S/c1-3-9(2)24-12(20)8-19-16(22)14(25-17(19)23)13-10-6-4-5-7-11(10)18-15(13)21/h4-7,9,22H,3,8H2,1-2H3/t9-/m0/s1. The average Bonchev–Trinajstić information content (AvgIpc) is 3.04. The van der Waals surface area contributed by atoms with Gasteiger partial charge < -0.3 is 9.84 Å². The van der Waals surface area contributed by atoms with Crippen LogP contribution < -0.4 is 15.4 Å². The number of para-hydroxylation sites is 1. The molecule has 0 spiro atoms. The first-order valence-corrected chi connectivity index (χ1v) is 8.58. The van der Waals surface area contributed by atoms with Gasteiger partial charge in [0.15, 0.2) is 0 Å². The highest BCUT2D eigenvalue weighted by Gasteiger charge is 2.27. The number of fused-ring (bicyclic) bond motifs is 1. The van der Waals surface area contributed by atoms with E-state index in [0.717, 1.165) is 4.57 Å². The molecule has 1 aliphatic rings. The number of aromatic nitrogens is 1. The number of aromatic hydroxyl groups is 1. The smallest absolute Gasteiger partial charge is 0.326 e. The Bertz CT molecular complexity index is 1030. The number of ether oxygens (including phenoxy) is 1. The number of carbonyl (C=O) groups excluding carboxylic acids is 2. The van der Waals surface area contributed by atoms with Crippen LogP contribution in [0.15, 0.2) is 34.1 Å². The number of thiazole rings is 1. The summed E-state index contributed by atoms with van der Waals surface area (Å²) in [5.41, 5.74) is 0.171. The quantitative estimate of drug-likeness (QED) is 0.774. The van der Waals surface area contributed by atoms with Gasteiger partial charge in [0.25, 0.3) is 5.91 Å². The molecule has 2 heterocycles. The van der Waals surface area contributed by atoms with Crippen molar-refractivity contribution in [3.05, 3.63) is 49.4 Å². The van der Waals surface area contributed by atoms with Crippen LogP contribution in [0.4, 0.5) is 0 Å². The van der Waals surface area contributed by atoms with Gasteiger partial charge in [-0.25, -0.2) is 4.99 Å². The van der Waals surface area contributed by atoms with Gasteiger partial charge >= 0.3 is 10.8 Å². The maximum absolute atomic E-state index is 12.2. The summed E-state index contributed by atoms with van der Waals surface area (Å²) >= 11 is 0.704. The summed E-state index contributed by atoms with van der Waals surface area (Å²) in [6, 6.07) is 6.87. The van der Waals surface area contributed by atoms with Crippen molar-refractivity contribution in [3.63, 3.8) is 0 Å². The lowest BCUT2D eigenvalue weighted by Crippen LogP contribution is -2.23. The Hall–Kier alpha value is -2.74. The van der Waals surface area contributed by atoms with Crippen LogP contribution in [-0.4, -0.2) is 27.7 Å². The first kappa shape index (κ1) is 17.1. The molecule has 1 aromatic carbocycles. The Morgan fingerprint density at radius 3 is 2.80 bits per heavy atom.